The molecule has 3 aromatic heterocycles. The Bertz CT molecular complexity index is 1340. The van der Waals surface area contributed by atoms with Gasteiger partial charge in [0, 0.05) is 23.7 Å². The highest BCUT2D eigenvalue weighted by atomic mass is 35.5. The Morgan fingerprint density at radius 3 is 2.74 bits per heavy atom. The molecule has 31 heavy (non-hydrogen) atoms. The van der Waals surface area contributed by atoms with E-state index in [1.165, 1.54) is 12.1 Å². The molecule has 0 aliphatic carbocycles. The van der Waals surface area contributed by atoms with Gasteiger partial charge in [-0.1, -0.05) is 11.6 Å². The van der Waals surface area contributed by atoms with Crippen molar-refractivity contribution in [1.29, 1.82) is 0 Å². The van der Waals surface area contributed by atoms with Gasteiger partial charge in [0.1, 0.15) is 36.1 Å². The topological polar surface area (TPSA) is 89.0 Å². The number of hydrogen-bond donors (Lipinski definition) is 2. The molecule has 0 fully saturated rings. The Hall–Kier alpha value is -3.78. The number of rotatable bonds is 7. The van der Waals surface area contributed by atoms with Crippen LogP contribution < -0.4 is 9.47 Å². The highest BCUT2D eigenvalue weighted by molar-refractivity contribution is 6.30. The average molecular weight is 439 g/mol. The zero-order valence-corrected chi connectivity index (χ0v) is 16.8. The van der Waals surface area contributed by atoms with E-state index in [4.69, 9.17) is 25.5 Å². The third-order valence-electron chi connectivity index (χ3n) is 4.58. The first-order chi connectivity index (χ1) is 15.1. The number of halogens is 2. The fraction of sp³-hybridized carbons (Fsp3) is 0.0909. The van der Waals surface area contributed by atoms with Crippen molar-refractivity contribution in [3.05, 3.63) is 83.3 Å². The first kappa shape index (κ1) is 19.2. The lowest BCUT2D eigenvalue weighted by Gasteiger charge is -2.04. The van der Waals surface area contributed by atoms with E-state index in [-0.39, 0.29) is 11.6 Å². The van der Waals surface area contributed by atoms with Crippen LogP contribution in [0.25, 0.3) is 22.6 Å². The van der Waals surface area contributed by atoms with Gasteiger partial charge < -0.3 is 23.9 Å². The number of furan rings is 1. The second kappa shape index (κ2) is 8.16. The summed E-state index contributed by atoms with van der Waals surface area (Å²) >= 11 is 5.68. The number of nitrogens with one attached hydrogen (secondary N) is 2. The number of imidazole rings is 2. The van der Waals surface area contributed by atoms with Crippen LogP contribution >= 0.6 is 11.6 Å². The summed E-state index contributed by atoms with van der Waals surface area (Å²) in [5.74, 6) is 1.68. The SMILES string of the molecule is Fc1cc(OCc2c[nH]c(-c3ncc(COc4ccc5ccoc5c4)[nH]3)n2)ccc1Cl. The van der Waals surface area contributed by atoms with Crippen LogP contribution in [0.4, 0.5) is 4.39 Å². The summed E-state index contributed by atoms with van der Waals surface area (Å²) < 4.78 is 30.2. The lowest BCUT2D eigenvalue weighted by Crippen LogP contribution is -1.97. The van der Waals surface area contributed by atoms with Gasteiger partial charge in [0.05, 0.1) is 28.9 Å². The normalized spacial score (nSPS) is 11.2. The highest BCUT2D eigenvalue weighted by Gasteiger charge is 2.10. The van der Waals surface area contributed by atoms with Crippen molar-refractivity contribution in [1.82, 2.24) is 19.9 Å². The second-order valence-electron chi connectivity index (χ2n) is 6.77. The van der Waals surface area contributed by atoms with E-state index in [0.29, 0.717) is 35.4 Å². The molecule has 0 radical (unpaired) electrons. The average Bonchev–Trinajstić information content (AvgIpc) is 3.53. The highest BCUT2D eigenvalue weighted by Crippen LogP contribution is 2.23. The Kier molecular flexibility index (Phi) is 5.05. The molecule has 2 N–H and O–H groups in total. The van der Waals surface area contributed by atoms with Crippen LogP contribution in [0.1, 0.15) is 11.4 Å². The minimum Gasteiger partial charge on any atom is -0.487 e. The predicted octanol–water partition coefficient (Wildman–Crippen LogP) is 5.50. The molecule has 0 saturated heterocycles. The first-order valence-corrected chi connectivity index (χ1v) is 9.78. The quantitative estimate of drug-likeness (QED) is 0.350. The van der Waals surface area contributed by atoms with E-state index in [9.17, 15) is 4.39 Å². The lowest BCUT2D eigenvalue weighted by atomic mass is 10.2. The maximum atomic E-state index is 13.5. The van der Waals surface area contributed by atoms with Gasteiger partial charge in [-0.25, -0.2) is 14.4 Å². The summed E-state index contributed by atoms with van der Waals surface area (Å²) in [6, 6.07) is 11.9. The maximum absolute atomic E-state index is 13.5. The number of aromatic nitrogens is 4. The number of hydrogen-bond acceptors (Lipinski definition) is 5. The van der Waals surface area contributed by atoms with Crippen LogP contribution in [-0.4, -0.2) is 19.9 Å². The van der Waals surface area contributed by atoms with E-state index in [0.717, 1.165) is 16.7 Å². The van der Waals surface area contributed by atoms with Crippen molar-refractivity contribution in [2.24, 2.45) is 0 Å². The maximum Gasteiger partial charge on any atom is 0.173 e. The minimum atomic E-state index is -0.531. The largest absolute Gasteiger partial charge is 0.487 e. The van der Waals surface area contributed by atoms with Gasteiger partial charge in [-0.15, -0.1) is 0 Å². The van der Waals surface area contributed by atoms with Crippen molar-refractivity contribution in [3.63, 3.8) is 0 Å². The fourth-order valence-corrected chi connectivity index (χ4v) is 3.14. The molecule has 5 aromatic rings. The molecule has 0 saturated carbocycles. The van der Waals surface area contributed by atoms with E-state index in [1.54, 1.807) is 24.7 Å². The van der Waals surface area contributed by atoms with Crippen molar-refractivity contribution < 1.29 is 18.3 Å². The van der Waals surface area contributed by atoms with Gasteiger partial charge in [-0.05, 0) is 30.3 Å². The number of nitrogens with zero attached hydrogens (tertiary/aromatic N) is 2. The van der Waals surface area contributed by atoms with Crippen molar-refractivity contribution >= 4 is 22.6 Å². The fourth-order valence-electron chi connectivity index (χ4n) is 3.02. The summed E-state index contributed by atoms with van der Waals surface area (Å²) in [5, 5.41) is 1.07. The van der Waals surface area contributed by atoms with Gasteiger partial charge in [0.2, 0.25) is 0 Å². The monoisotopic (exact) mass is 438 g/mol. The Morgan fingerprint density at radius 1 is 1.00 bits per heavy atom. The van der Waals surface area contributed by atoms with Crippen LogP contribution in [0, 0.1) is 5.82 Å². The number of fused-ring (bicyclic) bond motifs is 1. The van der Waals surface area contributed by atoms with Crippen LogP contribution in [0.5, 0.6) is 11.5 Å². The molecule has 0 bridgehead atoms. The Morgan fingerprint density at radius 2 is 1.84 bits per heavy atom. The molecule has 0 atom stereocenters. The lowest BCUT2D eigenvalue weighted by molar-refractivity contribution is 0.300. The summed E-state index contributed by atoms with van der Waals surface area (Å²) in [4.78, 5) is 15.0. The molecular weight excluding hydrogens is 423 g/mol. The van der Waals surface area contributed by atoms with Gasteiger partial charge in [-0.3, -0.25) is 0 Å². The van der Waals surface area contributed by atoms with Crippen LogP contribution in [0.2, 0.25) is 5.02 Å². The molecule has 0 aliphatic rings. The number of ether oxygens (including phenoxy) is 2. The zero-order chi connectivity index (χ0) is 21.2. The second-order valence-corrected chi connectivity index (χ2v) is 7.18. The molecule has 7 nitrogen and oxygen atoms in total. The third-order valence-corrected chi connectivity index (χ3v) is 4.89. The number of H-pyrrole nitrogens is 2. The number of aromatic amines is 2. The molecule has 3 heterocycles. The number of benzene rings is 2. The van der Waals surface area contributed by atoms with E-state index in [1.807, 2.05) is 24.3 Å². The Labute approximate surface area is 180 Å². The zero-order valence-electron chi connectivity index (χ0n) is 16.1. The van der Waals surface area contributed by atoms with Gasteiger partial charge in [0.25, 0.3) is 0 Å². The van der Waals surface area contributed by atoms with Crippen LogP contribution in [0.3, 0.4) is 0 Å². The molecule has 5 rings (SSSR count). The molecule has 0 unspecified atom stereocenters. The van der Waals surface area contributed by atoms with Crippen LogP contribution in [-0.2, 0) is 13.2 Å². The Balaban J connectivity index is 1.20. The van der Waals surface area contributed by atoms with Gasteiger partial charge in [0.15, 0.2) is 11.6 Å². The molecular formula is C22H16ClFN4O3. The predicted molar refractivity (Wildman–Crippen MR) is 112 cm³/mol. The molecule has 9 heteroatoms. The van der Waals surface area contributed by atoms with Crippen LogP contribution in [0.15, 0.2) is 65.5 Å². The van der Waals surface area contributed by atoms with Gasteiger partial charge in [-0.2, -0.15) is 0 Å². The summed E-state index contributed by atoms with van der Waals surface area (Å²) in [6.45, 7) is 0.488. The smallest absolute Gasteiger partial charge is 0.173 e. The van der Waals surface area contributed by atoms with E-state index >= 15 is 0 Å². The van der Waals surface area contributed by atoms with E-state index in [2.05, 4.69) is 19.9 Å². The molecule has 0 aliphatic heterocycles. The summed E-state index contributed by atoms with van der Waals surface area (Å²) in [7, 11) is 0. The standard InChI is InChI=1S/C22H16ClFN4O3/c23-18-4-3-16(7-19(18)24)30-11-14-9-25-21(27-14)22-26-10-15(28-22)12-31-17-2-1-13-5-6-29-20(13)8-17/h1-10H,11-12H2,(H,25,27)(H,26,28). The molecule has 2 aromatic carbocycles. The third kappa shape index (κ3) is 4.24. The molecule has 0 spiro atoms. The van der Waals surface area contributed by atoms with Crippen molar-refractivity contribution in [3.8, 4) is 23.1 Å². The summed E-state index contributed by atoms with van der Waals surface area (Å²) in [6.07, 6.45) is 5.04. The minimum absolute atomic E-state index is 0.0496. The van der Waals surface area contributed by atoms with Crippen molar-refractivity contribution in [2.45, 2.75) is 13.2 Å². The first-order valence-electron chi connectivity index (χ1n) is 9.40. The van der Waals surface area contributed by atoms with Gasteiger partial charge >= 0.3 is 0 Å². The van der Waals surface area contributed by atoms with E-state index < -0.39 is 5.82 Å². The summed E-state index contributed by atoms with van der Waals surface area (Å²) in [5.41, 5.74) is 2.21. The van der Waals surface area contributed by atoms with Crippen molar-refractivity contribution in [2.75, 3.05) is 0 Å². The molecule has 156 valence electrons. The molecule has 0 amide bonds.